The maximum Gasteiger partial charge on any atom is 0.306 e. The molecule has 0 fully saturated rings. The van der Waals surface area contributed by atoms with Crippen LogP contribution in [0.3, 0.4) is 0 Å². The number of rotatable bonds is 43. The van der Waals surface area contributed by atoms with E-state index >= 15 is 0 Å². The van der Waals surface area contributed by atoms with Crippen molar-refractivity contribution in [1.29, 1.82) is 0 Å². The number of esters is 3. The highest BCUT2D eigenvalue weighted by Crippen LogP contribution is 2.17. The van der Waals surface area contributed by atoms with Gasteiger partial charge < -0.3 is 14.2 Å². The Morgan fingerprint density at radius 1 is 0.352 bits per heavy atom. The van der Waals surface area contributed by atoms with Crippen LogP contribution in [0.2, 0.25) is 0 Å². The second-order valence-corrected chi connectivity index (χ2v) is 16.9. The van der Waals surface area contributed by atoms with Crippen molar-refractivity contribution in [2.24, 2.45) is 5.92 Å². The number of carbonyl (C=O) groups excluding carboxylic acids is 3. The highest BCUT2D eigenvalue weighted by molar-refractivity contribution is 5.71. The van der Waals surface area contributed by atoms with Gasteiger partial charge in [-0.25, -0.2) is 0 Å². The Kier molecular flexibility index (Phi) is 41.3. The lowest BCUT2D eigenvalue weighted by Gasteiger charge is -2.18. The third-order valence-corrected chi connectivity index (χ3v) is 10.8. The second kappa shape index (κ2) is 42.6. The van der Waals surface area contributed by atoms with Crippen molar-refractivity contribution < 1.29 is 28.6 Å². The fourth-order valence-electron chi connectivity index (χ4n) is 7.16. The summed E-state index contributed by atoms with van der Waals surface area (Å²) in [5.74, 6) is -0.0120. The zero-order valence-corrected chi connectivity index (χ0v) is 36.7. The molecule has 0 saturated carbocycles. The number of ether oxygens (including phenoxy) is 3. The third kappa shape index (κ3) is 41.6. The molecule has 0 N–H and O–H groups in total. The molecule has 0 aromatic carbocycles. The van der Waals surface area contributed by atoms with Crippen LogP contribution in [-0.2, 0) is 28.6 Å². The first kappa shape index (κ1) is 52.4. The van der Waals surface area contributed by atoms with Crippen molar-refractivity contribution in [1.82, 2.24) is 0 Å². The molecular formula is C48H92O6. The summed E-state index contributed by atoms with van der Waals surface area (Å²) < 4.78 is 16.6. The van der Waals surface area contributed by atoms with Crippen LogP contribution < -0.4 is 0 Å². The Morgan fingerprint density at radius 3 is 0.907 bits per heavy atom. The number of unbranched alkanes of at least 4 members (excludes halogenated alkanes) is 30. The van der Waals surface area contributed by atoms with Crippen LogP contribution in [0, 0.1) is 5.92 Å². The summed E-state index contributed by atoms with van der Waals surface area (Å²) in [6, 6.07) is 0. The zero-order chi connectivity index (χ0) is 39.6. The molecule has 0 aliphatic carbocycles. The highest BCUT2D eigenvalue weighted by Gasteiger charge is 2.19. The van der Waals surface area contributed by atoms with Gasteiger partial charge in [-0.3, -0.25) is 14.4 Å². The molecule has 0 heterocycles. The minimum absolute atomic E-state index is 0.0642. The topological polar surface area (TPSA) is 78.9 Å². The lowest BCUT2D eigenvalue weighted by atomic mass is 10.0. The Balaban J connectivity index is 4.10. The molecule has 6 heteroatoms. The summed E-state index contributed by atoms with van der Waals surface area (Å²) in [7, 11) is 0. The number of hydrogen-bond donors (Lipinski definition) is 0. The van der Waals surface area contributed by atoms with Gasteiger partial charge in [0.05, 0.1) is 0 Å². The smallest absolute Gasteiger partial charge is 0.306 e. The third-order valence-electron chi connectivity index (χ3n) is 10.8. The number of hydrogen-bond acceptors (Lipinski definition) is 6. The van der Waals surface area contributed by atoms with Crippen LogP contribution in [0.5, 0.6) is 0 Å². The van der Waals surface area contributed by atoms with Gasteiger partial charge in [0.2, 0.25) is 0 Å². The van der Waals surface area contributed by atoms with Gasteiger partial charge in [-0.15, -0.1) is 0 Å². The summed E-state index contributed by atoms with van der Waals surface area (Å²) >= 11 is 0. The summed E-state index contributed by atoms with van der Waals surface area (Å²) in [6.45, 7) is 8.94. The maximum absolute atomic E-state index is 12.7. The summed E-state index contributed by atoms with van der Waals surface area (Å²) in [4.78, 5) is 37.5. The van der Waals surface area contributed by atoms with Gasteiger partial charge in [0, 0.05) is 19.3 Å². The lowest BCUT2D eigenvalue weighted by molar-refractivity contribution is -0.167. The molecule has 0 saturated heterocycles. The Bertz CT molecular complexity index is 811. The first-order valence-corrected chi connectivity index (χ1v) is 23.9. The molecule has 320 valence electrons. The Labute approximate surface area is 336 Å². The maximum atomic E-state index is 12.7. The first-order chi connectivity index (χ1) is 26.4. The molecule has 6 nitrogen and oxygen atoms in total. The fraction of sp³-hybridized carbons (Fsp3) is 0.938. The molecule has 0 radical (unpaired) electrons. The van der Waals surface area contributed by atoms with E-state index in [1.54, 1.807) is 0 Å². The fourth-order valence-corrected chi connectivity index (χ4v) is 7.16. The van der Waals surface area contributed by atoms with Gasteiger partial charge in [-0.2, -0.15) is 0 Å². The van der Waals surface area contributed by atoms with E-state index in [2.05, 4.69) is 27.7 Å². The van der Waals surface area contributed by atoms with Crippen molar-refractivity contribution in [3.63, 3.8) is 0 Å². The van der Waals surface area contributed by atoms with E-state index in [1.807, 2.05) is 0 Å². The van der Waals surface area contributed by atoms with Crippen LogP contribution in [0.1, 0.15) is 265 Å². The van der Waals surface area contributed by atoms with E-state index in [0.717, 1.165) is 70.1 Å². The molecule has 0 rings (SSSR count). The van der Waals surface area contributed by atoms with Crippen molar-refractivity contribution >= 4 is 17.9 Å². The van der Waals surface area contributed by atoms with Crippen molar-refractivity contribution in [3.05, 3.63) is 0 Å². The van der Waals surface area contributed by atoms with Crippen LogP contribution >= 0.6 is 0 Å². The Morgan fingerprint density at radius 2 is 0.611 bits per heavy atom. The van der Waals surface area contributed by atoms with E-state index in [0.29, 0.717) is 19.3 Å². The van der Waals surface area contributed by atoms with Gasteiger partial charge >= 0.3 is 17.9 Å². The summed E-state index contributed by atoms with van der Waals surface area (Å²) in [5.41, 5.74) is 0. The lowest BCUT2D eigenvalue weighted by Crippen LogP contribution is -2.30. The first-order valence-electron chi connectivity index (χ1n) is 23.9. The van der Waals surface area contributed by atoms with Crippen molar-refractivity contribution in [2.75, 3.05) is 13.2 Å². The highest BCUT2D eigenvalue weighted by atomic mass is 16.6. The minimum atomic E-state index is -0.757. The van der Waals surface area contributed by atoms with E-state index in [1.165, 1.54) is 154 Å². The van der Waals surface area contributed by atoms with E-state index < -0.39 is 6.10 Å². The Hall–Kier alpha value is -1.59. The molecule has 54 heavy (non-hydrogen) atoms. The minimum Gasteiger partial charge on any atom is -0.462 e. The van der Waals surface area contributed by atoms with E-state index in [9.17, 15) is 14.4 Å². The largest absolute Gasteiger partial charge is 0.462 e. The SMILES string of the molecule is CCCCCCCCCCCCCCC(=O)O[C@@H](COC(=O)CCCCCCC)COC(=O)CCCCCCCCCCCCCCCCCCC(C)C. The predicted molar refractivity (Wildman–Crippen MR) is 229 cm³/mol. The van der Waals surface area contributed by atoms with Gasteiger partial charge in [0.1, 0.15) is 13.2 Å². The molecule has 0 aliphatic heterocycles. The van der Waals surface area contributed by atoms with Crippen molar-refractivity contribution in [3.8, 4) is 0 Å². The molecule has 0 aromatic rings. The molecule has 0 aromatic heterocycles. The monoisotopic (exact) mass is 765 g/mol. The average Bonchev–Trinajstić information content (AvgIpc) is 3.15. The normalized spacial score (nSPS) is 11.9. The number of carbonyl (C=O) groups is 3. The molecule has 0 spiro atoms. The van der Waals surface area contributed by atoms with E-state index in [4.69, 9.17) is 14.2 Å². The molecule has 1 atom stereocenters. The van der Waals surface area contributed by atoms with E-state index in [-0.39, 0.29) is 31.1 Å². The zero-order valence-electron chi connectivity index (χ0n) is 36.7. The standard InChI is InChI=1S/C48H92O6/c1-5-7-9-11-12-13-14-22-26-29-33-37-41-48(51)54-45(42-52-46(49)39-35-30-10-8-6-2)43-53-47(50)40-36-32-28-25-23-20-18-16-15-17-19-21-24-27-31-34-38-44(3)4/h44-45H,5-43H2,1-4H3/t45-/m0/s1. The second-order valence-electron chi connectivity index (χ2n) is 16.9. The summed E-state index contributed by atoms with van der Waals surface area (Å²) in [6.07, 6.45) is 42.6. The molecular weight excluding hydrogens is 673 g/mol. The van der Waals surface area contributed by atoms with Crippen LogP contribution in [0.15, 0.2) is 0 Å². The van der Waals surface area contributed by atoms with Crippen molar-refractivity contribution in [2.45, 2.75) is 271 Å². The summed E-state index contributed by atoms with van der Waals surface area (Å²) in [5, 5.41) is 0. The van der Waals surface area contributed by atoms with Crippen LogP contribution in [-0.4, -0.2) is 37.2 Å². The quantitative estimate of drug-likeness (QED) is 0.0349. The average molecular weight is 765 g/mol. The van der Waals surface area contributed by atoms with Crippen LogP contribution in [0.25, 0.3) is 0 Å². The molecule has 0 unspecified atom stereocenters. The molecule has 0 amide bonds. The molecule has 0 aliphatic rings. The molecule has 0 bridgehead atoms. The van der Waals surface area contributed by atoms with Gasteiger partial charge in [0.25, 0.3) is 0 Å². The van der Waals surface area contributed by atoms with Gasteiger partial charge in [-0.05, 0) is 25.2 Å². The van der Waals surface area contributed by atoms with Crippen LogP contribution in [0.4, 0.5) is 0 Å². The predicted octanol–water partition coefficient (Wildman–Crippen LogP) is 15.1. The van der Waals surface area contributed by atoms with Gasteiger partial charge in [0.15, 0.2) is 6.10 Å². The van der Waals surface area contributed by atoms with Gasteiger partial charge in [-0.1, -0.05) is 227 Å².